The van der Waals surface area contributed by atoms with Crippen LogP contribution in [0.25, 0.3) is 0 Å². The van der Waals surface area contributed by atoms with Crippen molar-refractivity contribution >= 4 is 11.8 Å². The second kappa shape index (κ2) is 7.47. The van der Waals surface area contributed by atoms with E-state index in [9.17, 15) is 9.59 Å². The molecule has 3 aliphatic rings. The van der Waals surface area contributed by atoms with E-state index in [1.165, 1.54) is 31.8 Å². The number of nitrogens with one attached hydrogen (secondary N) is 2. The van der Waals surface area contributed by atoms with E-state index < -0.39 is 0 Å². The number of amides is 2. The van der Waals surface area contributed by atoms with Gasteiger partial charge in [-0.15, -0.1) is 0 Å². The van der Waals surface area contributed by atoms with Crippen molar-refractivity contribution < 1.29 is 9.59 Å². The summed E-state index contributed by atoms with van der Waals surface area (Å²) in [5, 5.41) is 6.97. The molecule has 0 bridgehead atoms. The Morgan fingerprint density at radius 3 is 2.57 bits per heavy atom. The van der Waals surface area contributed by atoms with Crippen LogP contribution in [0.1, 0.15) is 44.9 Å². The summed E-state index contributed by atoms with van der Waals surface area (Å²) in [7, 11) is 0. The van der Waals surface area contributed by atoms with Crippen LogP contribution < -0.4 is 10.6 Å². The Morgan fingerprint density at radius 1 is 1.09 bits per heavy atom. The van der Waals surface area contributed by atoms with Gasteiger partial charge in [-0.1, -0.05) is 19.4 Å². The largest absolute Gasteiger partial charge is 0.353 e. The minimum atomic E-state index is -0.0211. The molecule has 1 aliphatic carbocycles. The van der Waals surface area contributed by atoms with Crippen LogP contribution >= 0.6 is 0 Å². The third-order valence-corrected chi connectivity index (χ3v) is 5.88. The second-order valence-corrected chi connectivity index (χ2v) is 7.22. The number of hydrogen-bond acceptors (Lipinski definition) is 3. The molecule has 3 fully saturated rings. The maximum Gasteiger partial charge on any atom is 0.245 e. The highest BCUT2D eigenvalue weighted by atomic mass is 16.2. The standard InChI is InChI=1S/C18H29N3O2/c1-2-17(22)21-11-8-13(9-12-21)18(23)20-16-7-10-19-15-6-4-3-5-14(15)16/h2,13-16,19H,1,3-12H2,(H,20,23). The van der Waals surface area contributed by atoms with Crippen molar-refractivity contribution in [3.8, 4) is 0 Å². The van der Waals surface area contributed by atoms with Gasteiger partial charge in [-0.25, -0.2) is 0 Å². The Kier molecular flexibility index (Phi) is 5.36. The molecule has 2 N–H and O–H groups in total. The number of rotatable bonds is 3. The van der Waals surface area contributed by atoms with E-state index in [1.54, 1.807) is 4.90 Å². The van der Waals surface area contributed by atoms with Crippen molar-refractivity contribution in [2.45, 2.75) is 57.0 Å². The Hall–Kier alpha value is -1.36. The molecular formula is C18H29N3O2. The zero-order valence-corrected chi connectivity index (χ0v) is 13.9. The highest BCUT2D eigenvalue weighted by Crippen LogP contribution is 2.31. The number of nitrogens with zero attached hydrogens (tertiary/aromatic N) is 1. The third-order valence-electron chi connectivity index (χ3n) is 5.88. The number of carbonyl (C=O) groups excluding carboxylic acids is 2. The van der Waals surface area contributed by atoms with E-state index >= 15 is 0 Å². The van der Waals surface area contributed by atoms with Gasteiger partial charge in [0, 0.05) is 31.1 Å². The first-order valence-electron chi connectivity index (χ1n) is 9.14. The molecule has 3 unspecified atom stereocenters. The zero-order chi connectivity index (χ0) is 16.2. The van der Waals surface area contributed by atoms with Gasteiger partial charge in [-0.3, -0.25) is 9.59 Å². The fourth-order valence-corrected chi connectivity index (χ4v) is 4.50. The molecule has 2 amide bonds. The van der Waals surface area contributed by atoms with Crippen LogP contribution in [0.15, 0.2) is 12.7 Å². The van der Waals surface area contributed by atoms with Crippen molar-refractivity contribution in [1.29, 1.82) is 0 Å². The molecule has 2 saturated heterocycles. The van der Waals surface area contributed by atoms with Gasteiger partial charge in [0.15, 0.2) is 0 Å². The quantitative estimate of drug-likeness (QED) is 0.774. The van der Waals surface area contributed by atoms with Gasteiger partial charge >= 0.3 is 0 Å². The Morgan fingerprint density at radius 2 is 1.83 bits per heavy atom. The Labute approximate surface area is 138 Å². The normalized spacial score (nSPS) is 32.0. The topological polar surface area (TPSA) is 61.4 Å². The van der Waals surface area contributed by atoms with Crippen LogP contribution in [0.2, 0.25) is 0 Å². The minimum absolute atomic E-state index is 0.0211. The number of piperidine rings is 2. The summed E-state index contributed by atoms with van der Waals surface area (Å²) in [6.45, 7) is 5.88. The average molecular weight is 319 g/mol. The van der Waals surface area contributed by atoms with E-state index in [-0.39, 0.29) is 17.7 Å². The lowest BCUT2D eigenvalue weighted by Crippen LogP contribution is -2.57. The maximum atomic E-state index is 12.6. The summed E-state index contributed by atoms with van der Waals surface area (Å²) in [5.74, 6) is 0.837. The summed E-state index contributed by atoms with van der Waals surface area (Å²) >= 11 is 0. The average Bonchev–Trinajstić information content (AvgIpc) is 2.61. The third kappa shape index (κ3) is 3.77. The van der Waals surface area contributed by atoms with Gasteiger partial charge in [0.1, 0.15) is 0 Å². The first-order chi connectivity index (χ1) is 11.2. The molecule has 3 rings (SSSR count). The monoisotopic (exact) mass is 319 g/mol. The zero-order valence-electron chi connectivity index (χ0n) is 13.9. The summed E-state index contributed by atoms with van der Waals surface area (Å²) in [4.78, 5) is 26.0. The Bertz CT molecular complexity index is 455. The molecule has 0 aromatic rings. The Balaban J connectivity index is 1.51. The fraction of sp³-hybridized carbons (Fsp3) is 0.778. The second-order valence-electron chi connectivity index (χ2n) is 7.22. The molecule has 5 heteroatoms. The maximum absolute atomic E-state index is 12.6. The van der Waals surface area contributed by atoms with Gasteiger partial charge in [0.05, 0.1) is 0 Å². The van der Waals surface area contributed by atoms with Gasteiger partial charge in [-0.2, -0.15) is 0 Å². The molecule has 2 heterocycles. The molecule has 128 valence electrons. The first kappa shape index (κ1) is 16.5. The first-order valence-corrected chi connectivity index (χ1v) is 9.14. The highest BCUT2D eigenvalue weighted by molar-refractivity contribution is 5.87. The number of fused-ring (bicyclic) bond motifs is 1. The molecule has 0 spiro atoms. The predicted molar refractivity (Wildman–Crippen MR) is 89.8 cm³/mol. The van der Waals surface area contributed by atoms with Crippen molar-refractivity contribution in [2.75, 3.05) is 19.6 Å². The highest BCUT2D eigenvalue weighted by Gasteiger charge is 2.36. The van der Waals surface area contributed by atoms with Crippen LogP contribution in [-0.4, -0.2) is 48.4 Å². The van der Waals surface area contributed by atoms with Crippen molar-refractivity contribution in [3.63, 3.8) is 0 Å². The van der Waals surface area contributed by atoms with Gasteiger partial charge in [-0.05, 0) is 50.6 Å². The van der Waals surface area contributed by atoms with E-state index in [0.717, 1.165) is 25.8 Å². The minimum Gasteiger partial charge on any atom is -0.353 e. The van der Waals surface area contributed by atoms with Crippen LogP contribution in [0.4, 0.5) is 0 Å². The molecule has 23 heavy (non-hydrogen) atoms. The lowest BCUT2D eigenvalue weighted by atomic mass is 9.76. The van der Waals surface area contributed by atoms with Gasteiger partial charge in [0.2, 0.25) is 11.8 Å². The SMILES string of the molecule is C=CC(=O)N1CCC(C(=O)NC2CCNC3CCCCC32)CC1. The van der Waals surface area contributed by atoms with Crippen LogP contribution in [0.5, 0.6) is 0 Å². The molecule has 3 atom stereocenters. The van der Waals surface area contributed by atoms with E-state index in [0.29, 0.717) is 31.1 Å². The number of likely N-dealkylation sites (tertiary alicyclic amines) is 1. The number of carbonyl (C=O) groups is 2. The molecule has 0 aromatic heterocycles. The summed E-state index contributed by atoms with van der Waals surface area (Å²) in [6.07, 6.45) is 9.02. The fourth-order valence-electron chi connectivity index (χ4n) is 4.50. The molecule has 2 aliphatic heterocycles. The number of hydrogen-bond donors (Lipinski definition) is 2. The molecule has 0 aromatic carbocycles. The lowest BCUT2D eigenvalue weighted by molar-refractivity contribution is -0.132. The van der Waals surface area contributed by atoms with Crippen LogP contribution in [-0.2, 0) is 9.59 Å². The van der Waals surface area contributed by atoms with Crippen molar-refractivity contribution in [2.24, 2.45) is 11.8 Å². The van der Waals surface area contributed by atoms with Crippen molar-refractivity contribution in [3.05, 3.63) is 12.7 Å². The molecule has 0 radical (unpaired) electrons. The van der Waals surface area contributed by atoms with Crippen LogP contribution in [0.3, 0.4) is 0 Å². The predicted octanol–water partition coefficient (Wildman–Crippen LogP) is 1.45. The molecule has 5 nitrogen and oxygen atoms in total. The van der Waals surface area contributed by atoms with Gasteiger partial charge in [0.25, 0.3) is 0 Å². The van der Waals surface area contributed by atoms with E-state index in [4.69, 9.17) is 0 Å². The lowest BCUT2D eigenvalue weighted by Gasteiger charge is -2.43. The van der Waals surface area contributed by atoms with E-state index in [2.05, 4.69) is 17.2 Å². The van der Waals surface area contributed by atoms with E-state index in [1.807, 2.05) is 0 Å². The molecular weight excluding hydrogens is 290 g/mol. The summed E-state index contributed by atoms with van der Waals surface area (Å²) in [5.41, 5.74) is 0. The molecule has 1 saturated carbocycles. The summed E-state index contributed by atoms with van der Waals surface area (Å²) < 4.78 is 0. The smallest absolute Gasteiger partial charge is 0.245 e. The van der Waals surface area contributed by atoms with Gasteiger partial charge < -0.3 is 15.5 Å². The summed E-state index contributed by atoms with van der Waals surface area (Å²) in [6, 6.07) is 0.928. The van der Waals surface area contributed by atoms with Crippen LogP contribution in [0, 0.1) is 11.8 Å². The van der Waals surface area contributed by atoms with Crippen molar-refractivity contribution in [1.82, 2.24) is 15.5 Å².